The van der Waals surface area contributed by atoms with Gasteiger partial charge in [-0.15, -0.1) is 0 Å². The number of rotatable bonds is 5. The summed E-state index contributed by atoms with van der Waals surface area (Å²) in [6.07, 6.45) is 2.28. The average Bonchev–Trinajstić information content (AvgIpc) is 2.62. The molecule has 1 heterocycles. The molecule has 5 heteroatoms. The van der Waals surface area contributed by atoms with Gasteiger partial charge in [-0.05, 0) is 38.8 Å². The molecule has 0 aromatic rings. The average molecular weight is 242 g/mol. The highest BCUT2D eigenvalue weighted by molar-refractivity contribution is 5.87. The first-order valence-corrected chi connectivity index (χ1v) is 6.15. The quantitative estimate of drug-likeness (QED) is 0.744. The van der Waals surface area contributed by atoms with Gasteiger partial charge in [0.2, 0.25) is 5.91 Å². The highest BCUT2D eigenvalue weighted by Gasteiger charge is 2.30. The van der Waals surface area contributed by atoms with E-state index < -0.39 is 12.0 Å². The third-order valence-electron chi connectivity index (χ3n) is 3.14. The lowest BCUT2D eigenvalue weighted by molar-refractivity contribution is -0.143. The largest absolute Gasteiger partial charge is 0.480 e. The Kier molecular flexibility index (Phi) is 4.93. The molecular formula is C12H22N2O3. The summed E-state index contributed by atoms with van der Waals surface area (Å²) < 4.78 is 0. The number of hydrogen-bond acceptors (Lipinski definition) is 3. The number of likely N-dealkylation sites (N-methyl/N-ethyl adjacent to an activating group) is 1. The number of likely N-dealkylation sites (tertiary alicyclic amines) is 1. The number of nitrogens with zero attached hydrogens (tertiary/aromatic N) is 1. The van der Waals surface area contributed by atoms with Gasteiger partial charge >= 0.3 is 5.97 Å². The minimum atomic E-state index is -0.951. The number of nitrogens with one attached hydrogen (secondary N) is 1. The molecule has 0 saturated carbocycles. The minimum Gasteiger partial charge on any atom is -0.480 e. The van der Waals surface area contributed by atoms with Crippen molar-refractivity contribution in [3.05, 3.63) is 0 Å². The van der Waals surface area contributed by atoms with Gasteiger partial charge in [-0.25, -0.2) is 4.79 Å². The zero-order valence-electron chi connectivity index (χ0n) is 10.8. The predicted octanol–water partition coefficient (Wildman–Crippen LogP) is 0.696. The predicted molar refractivity (Wildman–Crippen MR) is 64.7 cm³/mol. The number of hydrogen-bond donors (Lipinski definition) is 2. The summed E-state index contributed by atoms with van der Waals surface area (Å²) in [5, 5.41) is 11.7. The van der Waals surface area contributed by atoms with E-state index in [1.54, 1.807) is 0 Å². The van der Waals surface area contributed by atoms with Gasteiger partial charge in [-0.1, -0.05) is 13.8 Å². The number of carbonyl (C=O) groups excluding carboxylic acids is 1. The van der Waals surface area contributed by atoms with E-state index in [1.165, 1.54) is 0 Å². The summed E-state index contributed by atoms with van der Waals surface area (Å²) in [6.45, 7) is 4.80. The summed E-state index contributed by atoms with van der Waals surface area (Å²) in [6, 6.07) is -0.930. The van der Waals surface area contributed by atoms with E-state index in [-0.39, 0.29) is 17.9 Å². The van der Waals surface area contributed by atoms with Crippen LogP contribution >= 0.6 is 0 Å². The van der Waals surface area contributed by atoms with E-state index in [9.17, 15) is 9.59 Å². The number of carbonyl (C=O) groups is 2. The first-order valence-electron chi connectivity index (χ1n) is 6.15. The van der Waals surface area contributed by atoms with Crippen LogP contribution < -0.4 is 5.32 Å². The highest BCUT2D eigenvalue weighted by Crippen LogP contribution is 2.15. The monoisotopic (exact) mass is 242 g/mol. The molecule has 0 spiro atoms. The summed E-state index contributed by atoms with van der Waals surface area (Å²) >= 11 is 0. The van der Waals surface area contributed by atoms with E-state index in [4.69, 9.17) is 5.11 Å². The fourth-order valence-electron chi connectivity index (χ4n) is 2.20. The summed E-state index contributed by atoms with van der Waals surface area (Å²) in [5.41, 5.74) is 0. The highest BCUT2D eigenvalue weighted by atomic mass is 16.4. The van der Waals surface area contributed by atoms with Crippen LogP contribution in [-0.4, -0.2) is 47.6 Å². The smallest absolute Gasteiger partial charge is 0.326 e. The second-order valence-electron chi connectivity index (χ2n) is 5.17. The van der Waals surface area contributed by atoms with Crippen LogP contribution in [0, 0.1) is 5.92 Å². The Bertz CT molecular complexity index is 291. The molecule has 1 fully saturated rings. The molecule has 1 saturated heterocycles. The zero-order chi connectivity index (χ0) is 13.0. The Morgan fingerprint density at radius 1 is 1.47 bits per heavy atom. The SMILES string of the molecule is CC(C)C[C@H](NC(=O)[C@@H]1CCCN1C)C(=O)O. The van der Waals surface area contributed by atoms with Crippen LogP contribution in [-0.2, 0) is 9.59 Å². The lowest BCUT2D eigenvalue weighted by Crippen LogP contribution is -2.49. The van der Waals surface area contributed by atoms with E-state index in [2.05, 4.69) is 5.32 Å². The molecule has 1 rings (SSSR count). The minimum absolute atomic E-state index is 0.155. The first-order chi connectivity index (χ1) is 7.91. The van der Waals surface area contributed by atoms with Crippen LogP contribution in [0.5, 0.6) is 0 Å². The molecule has 1 aliphatic rings. The molecule has 0 aromatic heterocycles. The number of amides is 1. The fourth-order valence-corrected chi connectivity index (χ4v) is 2.20. The van der Waals surface area contributed by atoms with Crippen molar-refractivity contribution in [1.29, 1.82) is 0 Å². The lowest BCUT2D eigenvalue weighted by atomic mass is 10.0. The van der Waals surface area contributed by atoms with E-state index in [0.29, 0.717) is 6.42 Å². The van der Waals surface area contributed by atoms with Gasteiger partial charge in [0.1, 0.15) is 6.04 Å². The maximum Gasteiger partial charge on any atom is 0.326 e. The van der Waals surface area contributed by atoms with Gasteiger partial charge in [0.15, 0.2) is 0 Å². The zero-order valence-corrected chi connectivity index (χ0v) is 10.8. The van der Waals surface area contributed by atoms with Crippen molar-refractivity contribution >= 4 is 11.9 Å². The Hall–Kier alpha value is -1.10. The summed E-state index contributed by atoms with van der Waals surface area (Å²) in [7, 11) is 1.90. The molecule has 98 valence electrons. The molecule has 1 amide bonds. The van der Waals surface area contributed by atoms with Crippen LogP contribution in [0.1, 0.15) is 33.1 Å². The van der Waals surface area contributed by atoms with Gasteiger partial charge in [-0.2, -0.15) is 0 Å². The van der Waals surface area contributed by atoms with Crippen molar-refractivity contribution in [1.82, 2.24) is 10.2 Å². The standard InChI is InChI=1S/C12H22N2O3/c1-8(2)7-9(12(16)17)13-11(15)10-5-4-6-14(10)3/h8-10H,4-7H2,1-3H3,(H,13,15)(H,16,17)/t9-,10-/m0/s1. The van der Waals surface area contributed by atoms with E-state index in [1.807, 2.05) is 25.8 Å². The topological polar surface area (TPSA) is 69.6 Å². The van der Waals surface area contributed by atoms with Crippen LogP contribution in [0.4, 0.5) is 0 Å². The normalized spacial score (nSPS) is 22.7. The third kappa shape index (κ3) is 4.00. The molecule has 17 heavy (non-hydrogen) atoms. The molecule has 2 atom stereocenters. The summed E-state index contributed by atoms with van der Waals surface area (Å²) in [5.74, 6) is -0.858. The molecule has 0 bridgehead atoms. The lowest BCUT2D eigenvalue weighted by Gasteiger charge is -2.22. The van der Waals surface area contributed by atoms with Crippen molar-refractivity contribution in [3.8, 4) is 0 Å². The molecule has 0 radical (unpaired) electrons. The summed E-state index contributed by atoms with van der Waals surface area (Å²) in [4.78, 5) is 25.0. The van der Waals surface area contributed by atoms with Gasteiger partial charge in [0, 0.05) is 0 Å². The Morgan fingerprint density at radius 3 is 2.53 bits per heavy atom. The van der Waals surface area contributed by atoms with Crippen LogP contribution in [0.25, 0.3) is 0 Å². The Morgan fingerprint density at radius 2 is 2.12 bits per heavy atom. The number of aliphatic carboxylic acids is 1. The molecular weight excluding hydrogens is 220 g/mol. The van der Waals surface area contributed by atoms with E-state index >= 15 is 0 Å². The van der Waals surface area contributed by atoms with Crippen molar-refractivity contribution in [2.24, 2.45) is 5.92 Å². The van der Waals surface area contributed by atoms with Crippen molar-refractivity contribution in [2.45, 2.75) is 45.2 Å². The van der Waals surface area contributed by atoms with Crippen molar-refractivity contribution in [3.63, 3.8) is 0 Å². The van der Waals surface area contributed by atoms with Gasteiger partial charge in [0.05, 0.1) is 6.04 Å². The second-order valence-corrected chi connectivity index (χ2v) is 5.17. The van der Waals surface area contributed by atoms with Crippen LogP contribution in [0.15, 0.2) is 0 Å². The van der Waals surface area contributed by atoms with Crippen molar-refractivity contribution < 1.29 is 14.7 Å². The Labute approximate surface area is 102 Å². The molecule has 0 aromatic carbocycles. The first kappa shape index (κ1) is 14.0. The van der Waals surface area contributed by atoms with Crippen LogP contribution in [0.2, 0.25) is 0 Å². The molecule has 2 N–H and O–H groups in total. The third-order valence-corrected chi connectivity index (χ3v) is 3.14. The maximum atomic E-state index is 11.9. The van der Waals surface area contributed by atoms with Crippen LogP contribution in [0.3, 0.4) is 0 Å². The molecule has 0 aliphatic carbocycles. The second kappa shape index (κ2) is 6.00. The van der Waals surface area contributed by atoms with Gasteiger partial charge < -0.3 is 10.4 Å². The number of carboxylic acid groups (broad SMARTS) is 1. The van der Waals surface area contributed by atoms with Crippen molar-refractivity contribution in [2.75, 3.05) is 13.6 Å². The molecule has 5 nitrogen and oxygen atoms in total. The molecule has 1 aliphatic heterocycles. The maximum absolute atomic E-state index is 11.9. The molecule has 0 unspecified atom stereocenters. The number of carboxylic acids is 1. The van der Waals surface area contributed by atoms with E-state index in [0.717, 1.165) is 19.4 Å². The van der Waals surface area contributed by atoms with Gasteiger partial charge in [-0.3, -0.25) is 9.69 Å². The fraction of sp³-hybridized carbons (Fsp3) is 0.833. The van der Waals surface area contributed by atoms with Gasteiger partial charge in [0.25, 0.3) is 0 Å². The Balaban J connectivity index is 2.54.